The Hall–Kier alpha value is -1.32. The van der Waals surface area contributed by atoms with E-state index < -0.39 is 6.04 Å². The molecule has 1 fully saturated rings. The smallest absolute Gasteiger partial charge is 0.207 e. The maximum Gasteiger partial charge on any atom is 0.207 e. The van der Waals surface area contributed by atoms with E-state index in [9.17, 15) is 9.59 Å². The molecule has 0 aromatic rings. The summed E-state index contributed by atoms with van der Waals surface area (Å²) in [4.78, 5) is 22.0. The van der Waals surface area contributed by atoms with E-state index in [1.165, 1.54) is 12.8 Å². The van der Waals surface area contributed by atoms with Crippen LogP contribution in [0, 0.1) is 5.92 Å². The van der Waals surface area contributed by atoms with E-state index in [1.54, 1.807) is 0 Å². The molecule has 0 aromatic carbocycles. The molecule has 1 atom stereocenters. The highest BCUT2D eigenvalue weighted by Crippen LogP contribution is 2.28. The van der Waals surface area contributed by atoms with Crippen LogP contribution in [-0.4, -0.2) is 18.2 Å². The predicted octanol–water partition coefficient (Wildman–Crippen LogP) is 0.723. The van der Waals surface area contributed by atoms with Crippen LogP contribution in [0.1, 0.15) is 32.1 Å². The number of nitrogens with one attached hydrogen (secondary N) is 1. The summed E-state index contributed by atoms with van der Waals surface area (Å²) >= 11 is 0. The third-order valence-electron chi connectivity index (χ3n) is 2.95. The molecular weight excluding hydrogens is 192 g/mol. The summed E-state index contributed by atoms with van der Waals surface area (Å²) < 4.78 is 0. The minimum Gasteiger partial charge on any atom is -0.396 e. The number of rotatable bonds is 6. The summed E-state index contributed by atoms with van der Waals surface area (Å²) in [6.07, 6.45) is 5.96. The Bertz CT molecular complexity index is 257. The molecule has 1 aliphatic carbocycles. The molecule has 0 saturated heterocycles. The van der Waals surface area contributed by atoms with E-state index in [0.29, 0.717) is 18.7 Å². The van der Waals surface area contributed by atoms with E-state index in [2.05, 4.69) is 11.9 Å². The minimum atomic E-state index is -0.483. The van der Waals surface area contributed by atoms with Crippen molar-refractivity contribution in [2.45, 2.75) is 38.1 Å². The molecule has 4 nitrogen and oxygen atoms in total. The van der Waals surface area contributed by atoms with Gasteiger partial charge in [-0.25, -0.2) is 0 Å². The number of carbonyl (C=O) groups excluding carboxylic acids is 2. The second-order valence-electron chi connectivity index (χ2n) is 4.11. The molecule has 0 spiro atoms. The predicted molar refractivity (Wildman–Crippen MR) is 57.9 cm³/mol. The Morgan fingerprint density at radius 3 is 2.60 bits per heavy atom. The van der Waals surface area contributed by atoms with E-state index in [4.69, 9.17) is 5.73 Å². The molecule has 1 rings (SSSR count). The van der Waals surface area contributed by atoms with Gasteiger partial charge in [0, 0.05) is 0 Å². The first-order chi connectivity index (χ1) is 7.15. The van der Waals surface area contributed by atoms with Crippen LogP contribution in [0.25, 0.3) is 0 Å². The summed E-state index contributed by atoms with van der Waals surface area (Å²) in [6, 6.07) is -0.483. The fourth-order valence-corrected chi connectivity index (χ4v) is 2.14. The van der Waals surface area contributed by atoms with Crippen LogP contribution in [0.4, 0.5) is 0 Å². The molecule has 3 N–H and O–H groups in total. The van der Waals surface area contributed by atoms with Gasteiger partial charge in [-0.3, -0.25) is 9.59 Å². The number of hydrogen-bond donors (Lipinski definition) is 2. The highest BCUT2D eigenvalue weighted by molar-refractivity contribution is 5.98. The Labute approximate surface area is 89.9 Å². The van der Waals surface area contributed by atoms with Gasteiger partial charge in [0.1, 0.15) is 0 Å². The van der Waals surface area contributed by atoms with E-state index in [1.807, 2.05) is 0 Å². The van der Waals surface area contributed by atoms with Gasteiger partial charge >= 0.3 is 0 Å². The molecule has 1 amide bonds. The molecule has 84 valence electrons. The maximum absolute atomic E-state index is 11.6. The monoisotopic (exact) mass is 210 g/mol. The summed E-state index contributed by atoms with van der Waals surface area (Å²) in [5.41, 5.74) is 5.36. The van der Waals surface area contributed by atoms with Gasteiger partial charge in [0.2, 0.25) is 6.41 Å². The first kappa shape index (κ1) is 11.8. The number of Topliss-reactive ketones (excluding diaryl/α,β-unsaturated/α-hetero) is 1. The molecule has 1 unspecified atom stereocenters. The molecule has 15 heavy (non-hydrogen) atoms. The SMILES string of the molecule is C=C(N)C(=O)C(CC1CCCC1)NC=O. The van der Waals surface area contributed by atoms with Crippen LogP contribution >= 0.6 is 0 Å². The van der Waals surface area contributed by atoms with E-state index in [0.717, 1.165) is 12.8 Å². The van der Waals surface area contributed by atoms with Gasteiger partial charge in [-0.2, -0.15) is 0 Å². The molecule has 0 aliphatic heterocycles. The van der Waals surface area contributed by atoms with Crippen molar-refractivity contribution in [2.24, 2.45) is 11.7 Å². The van der Waals surface area contributed by atoms with Crippen molar-refractivity contribution in [3.05, 3.63) is 12.3 Å². The topological polar surface area (TPSA) is 72.2 Å². The number of nitrogens with two attached hydrogens (primary N) is 1. The van der Waals surface area contributed by atoms with Crippen molar-refractivity contribution in [3.63, 3.8) is 0 Å². The summed E-state index contributed by atoms with van der Waals surface area (Å²) in [5, 5.41) is 2.52. The Morgan fingerprint density at radius 1 is 1.53 bits per heavy atom. The Kier molecular flexibility index (Phi) is 4.34. The maximum atomic E-state index is 11.6. The Morgan fingerprint density at radius 2 is 2.13 bits per heavy atom. The molecule has 0 radical (unpaired) electrons. The fraction of sp³-hybridized carbons (Fsp3) is 0.636. The van der Waals surface area contributed by atoms with Crippen molar-refractivity contribution >= 4 is 12.2 Å². The van der Waals surface area contributed by atoms with Crippen LogP contribution in [-0.2, 0) is 9.59 Å². The summed E-state index contributed by atoms with van der Waals surface area (Å²) in [5.74, 6) is 0.278. The lowest BCUT2D eigenvalue weighted by Crippen LogP contribution is -2.39. The number of hydrogen-bond acceptors (Lipinski definition) is 3. The zero-order valence-electron chi connectivity index (χ0n) is 8.87. The van der Waals surface area contributed by atoms with Crippen molar-refractivity contribution < 1.29 is 9.59 Å². The third-order valence-corrected chi connectivity index (χ3v) is 2.95. The molecule has 0 aromatic heterocycles. The van der Waals surface area contributed by atoms with Gasteiger partial charge in [-0.05, 0) is 12.3 Å². The zero-order chi connectivity index (χ0) is 11.3. The molecule has 1 saturated carbocycles. The summed E-state index contributed by atoms with van der Waals surface area (Å²) in [7, 11) is 0. The second-order valence-corrected chi connectivity index (χ2v) is 4.11. The van der Waals surface area contributed by atoms with Gasteiger partial charge in [-0.15, -0.1) is 0 Å². The van der Waals surface area contributed by atoms with Crippen LogP contribution in [0.5, 0.6) is 0 Å². The molecule has 4 heteroatoms. The van der Waals surface area contributed by atoms with E-state index in [-0.39, 0.29) is 11.5 Å². The largest absolute Gasteiger partial charge is 0.396 e. The lowest BCUT2D eigenvalue weighted by atomic mass is 9.95. The van der Waals surface area contributed by atoms with E-state index >= 15 is 0 Å². The van der Waals surface area contributed by atoms with Crippen molar-refractivity contribution in [1.29, 1.82) is 0 Å². The number of amides is 1. The van der Waals surface area contributed by atoms with Gasteiger partial charge < -0.3 is 11.1 Å². The lowest BCUT2D eigenvalue weighted by molar-refractivity contribution is -0.121. The number of carbonyl (C=O) groups is 2. The first-order valence-corrected chi connectivity index (χ1v) is 5.33. The van der Waals surface area contributed by atoms with Crippen LogP contribution in [0.2, 0.25) is 0 Å². The average molecular weight is 210 g/mol. The average Bonchev–Trinajstić information content (AvgIpc) is 2.68. The molecular formula is C11H18N2O2. The van der Waals surface area contributed by atoms with Gasteiger partial charge in [-0.1, -0.05) is 32.3 Å². The third kappa shape index (κ3) is 3.38. The molecule has 1 aliphatic rings. The highest BCUT2D eigenvalue weighted by Gasteiger charge is 2.25. The minimum absolute atomic E-state index is 0.0207. The zero-order valence-corrected chi connectivity index (χ0v) is 8.87. The number of ketones is 1. The van der Waals surface area contributed by atoms with Gasteiger partial charge in [0.15, 0.2) is 5.78 Å². The standard InChI is InChI=1S/C11H18N2O2/c1-8(12)11(15)10(13-7-14)6-9-4-2-3-5-9/h7,9-10H,1-6,12H2,(H,13,14). The van der Waals surface area contributed by atoms with Crippen LogP contribution in [0.15, 0.2) is 12.3 Å². The Balaban J connectivity index is 2.52. The molecule has 0 heterocycles. The van der Waals surface area contributed by atoms with Crippen LogP contribution in [0.3, 0.4) is 0 Å². The van der Waals surface area contributed by atoms with Crippen LogP contribution < -0.4 is 11.1 Å². The first-order valence-electron chi connectivity index (χ1n) is 5.33. The van der Waals surface area contributed by atoms with Gasteiger partial charge in [0.25, 0.3) is 0 Å². The van der Waals surface area contributed by atoms with Crippen molar-refractivity contribution in [1.82, 2.24) is 5.32 Å². The highest BCUT2D eigenvalue weighted by atomic mass is 16.1. The second kappa shape index (κ2) is 5.53. The fourth-order valence-electron chi connectivity index (χ4n) is 2.14. The summed E-state index contributed by atoms with van der Waals surface area (Å²) in [6.45, 7) is 3.41. The normalized spacial score (nSPS) is 18.4. The van der Waals surface area contributed by atoms with Crippen molar-refractivity contribution in [3.8, 4) is 0 Å². The quantitative estimate of drug-likeness (QED) is 0.501. The lowest BCUT2D eigenvalue weighted by Gasteiger charge is -2.18. The van der Waals surface area contributed by atoms with Crippen molar-refractivity contribution in [2.75, 3.05) is 0 Å². The molecule has 0 bridgehead atoms. The van der Waals surface area contributed by atoms with Gasteiger partial charge in [0.05, 0.1) is 11.7 Å².